The second-order valence-electron chi connectivity index (χ2n) is 8.25. The van der Waals surface area contributed by atoms with Gasteiger partial charge in [0.2, 0.25) is 0 Å². The molecule has 0 bridgehead atoms. The van der Waals surface area contributed by atoms with Gasteiger partial charge in [-0.05, 0) is 30.6 Å². The molecule has 1 aliphatic heterocycles. The lowest BCUT2D eigenvalue weighted by Gasteiger charge is -2.37. The number of hydrogen-bond acceptors (Lipinski definition) is 3. The van der Waals surface area contributed by atoms with Crippen LogP contribution in [0.1, 0.15) is 60.3 Å². The molecular weight excluding hydrogens is 290 g/mol. The molecule has 2 atom stereocenters. The van der Waals surface area contributed by atoms with E-state index in [2.05, 4.69) is 44.8 Å². The van der Waals surface area contributed by atoms with Crippen LogP contribution < -0.4 is 5.32 Å². The summed E-state index contributed by atoms with van der Waals surface area (Å²) >= 11 is 0. The van der Waals surface area contributed by atoms with E-state index in [0.29, 0.717) is 18.5 Å². The highest BCUT2D eigenvalue weighted by Crippen LogP contribution is 2.38. The van der Waals surface area contributed by atoms with E-state index in [1.54, 1.807) is 0 Å². The van der Waals surface area contributed by atoms with E-state index in [1.807, 2.05) is 0 Å². The summed E-state index contributed by atoms with van der Waals surface area (Å²) in [4.78, 5) is 29.2. The molecule has 1 N–H and O–H groups in total. The van der Waals surface area contributed by atoms with Crippen LogP contribution in [0.4, 0.5) is 4.79 Å². The van der Waals surface area contributed by atoms with E-state index in [-0.39, 0.29) is 17.9 Å². The molecule has 1 saturated heterocycles. The minimum atomic E-state index is -0.642. The van der Waals surface area contributed by atoms with Gasteiger partial charge in [-0.15, -0.1) is 0 Å². The smallest absolute Gasteiger partial charge is 0.323 e. The molecule has 5 heteroatoms. The highest BCUT2D eigenvalue weighted by molar-refractivity contribution is 6.07. The van der Waals surface area contributed by atoms with Crippen molar-refractivity contribution >= 4 is 11.9 Å². The maximum absolute atomic E-state index is 13.0. The van der Waals surface area contributed by atoms with E-state index in [1.165, 1.54) is 4.90 Å². The number of nitrogens with zero attached hydrogens (tertiary/aromatic N) is 2. The lowest BCUT2D eigenvalue weighted by atomic mass is 9.73. The standard InChI is InChI=1S/C18H33N3O2/c1-13(2)10-20(11-14(3)4)12-21-16(22)18(19-17(21)23)9-7-6-8-15(18)5/h13-15H,6-12H2,1-5H3,(H,19,23)/t15-,18+/m1/s1. The van der Waals surface area contributed by atoms with E-state index >= 15 is 0 Å². The maximum Gasteiger partial charge on any atom is 0.326 e. The fraction of sp³-hybridized carbons (Fsp3) is 0.889. The van der Waals surface area contributed by atoms with Gasteiger partial charge in [0.15, 0.2) is 0 Å². The monoisotopic (exact) mass is 323 g/mol. The zero-order valence-electron chi connectivity index (χ0n) is 15.4. The summed E-state index contributed by atoms with van der Waals surface area (Å²) in [6, 6.07) is -0.207. The number of carbonyl (C=O) groups excluding carboxylic acids is 2. The first-order valence-electron chi connectivity index (χ1n) is 9.12. The van der Waals surface area contributed by atoms with Crippen molar-refractivity contribution in [3.8, 4) is 0 Å². The summed E-state index contributed by atoms with van der Waals surface area (Å²) in [6.45, 7) is 13.0. The van der Waals surface area contributed by atoms with Crippen LogP contribution in [0.2, 0.25) is 0 Å². The Morgan fingerprint density at radius 1 is 1.17 bits per heavy atom. The fourth-order valence-electron chi connectivity index (χ4n) is 4.05. The molecule has 0 aromatic carbocycles. The van der Waals surface area contributed by atoms with Gasteiger partial charge in [0.25, 0.3) is 5.91 Å². The van der Waals surface area contributed by atoms with Gasteiger partial charge in [-0.2, -0.15) is 0 Å². The first-order chi connectivity index (χ1) is 10.8. The van der Waals surface area contributed by atoms with Crippen LogP contribution in [-0.2, 0) is 4.79 Å². The third-order valence-electron chi connectivity index (χ3n) is 5.09. The van der Waals surface area contributed by atoms with Gasteiger partial charge in [0, 0.05) is 13.1 Å². The lowest BCUT2D eigenvalue weighted by molar-refractivity contribution is -0.135. The van der Waals surface area contributed by atoms with Crippen molar-refractivity contribution in [3.63, 3.8) is 0 Å². The normalized spacial score (nSPS) is 28.5. The Hall–Kier alpha value is -1.10. The highest BCUT2D eigenvalue weighted by atomic mass is 16.2. The SMILES string of the molecule is CC(C)CN(CC(C)C)CN1C(=O)N[C@]2(CCCC[C@H]2C)C1=O. The molecule has 23 heavy (non-hydrogen) atoms. The summed E-state index contributed by atoms with van der Waals surface area (Å²) in [7, 11) is 0. The molecule has 1 aliphatic carbocycles. The summed E-state index contributed by atoms with van der Waals surface area (Å²) in [5.41, 5.74) is -0.642. The number of urea groups is 1. The Balaban J connectivity index is 2.12. The molecule has 2 aliphatic rings. The summed E-state index contributed by atoms with van der Waals surface area (Å²) in [6.07, 6.45) is 3.97. The van der Waals surface area contributed by atoms with Crippen molar-refractivity contribution in [3.05, 3.63) is 0 Å². The van der Waals surface area contributed by atoms with Gasteiger partial charge < -0.3 is 5.32 Å². The van der Waals surface area contributed by atoms with Crippen molar-refractivity contribution in [1.29, 1.82) is 0 Å². The average Bonchev–Trinajstić information content (AvgIpc) is 2.66. The largest absolute Gasteiger partial charge is 0.326 e. The molecule has 0 radical (unpaired) electrons. The molecule has 5 nitrogen and oxygen atoms in total. The average molecular weight is 323 g/mol. The lowest BCUT2D eigenvalue weighted by Crippen LogP contribution is -2.54. The van der Waals surface area contributed by atoms with Gasteiger partial charge in [-0.25, -0.2) is 9.69 Å². The summed E-state index contributed by atoms with van der Waals surface area (Å²) in [5, 5.41) is 3.04. The van der Waals surface area contributed by atoms with E-state index in [0.717, 1.165) is 38.8 Å². The Labute approximate surface area is 140 Å². The molecule has 0 aromatic heterocycles. The van der Waals surface area contributed by atoms with Gasteiger partial charge in [0.1, 0.15) is 5.54 Å². The number of carbonyl (C=O) groups is 2. The molecule has 1 heterocycles. The molecule has 3 amide bonds. The van der Waals surface area contributed by atoms with E-state index in [4.69, 9.17) is 0 Å². The summed E-state index contributed by atoms with van der Waals surface area (Å²) in [5.74, 6) is 1.24. The first kappa shape index (κ1) is 18.2. The number of imide groups is 1. The van der Waals surface area contributed by atoms with E-state index in [9.17, 15) is 9.59 Å². The van der Waals surface area contributed by atoms with Gasteiger partial charge in [-0.1, -0.05) is 47.5 Å². The van der Waals surface area contributed by atoms with E-state index < -0.39 is 5.54 Å². The molecule has 132 valence electrons. The second-order valence-corrected chi connectivity index (χ2v) is 8.25. The highest BCUT2D eigenvalue weighted by Gasteiger charge is 2.54. The van der Waals surface area contributed by atoms with Gasteiger partial charge in [0.05, 0.1) is 6.67 Å². The van der Waals surface area contributed by atoms with Crippen LogP contribution in [0.5, 0.6) is 0 Å². The number of hydrogen-bond donors (Lipinski definition) is 1. The number of rotatable bonds is 6. The van der Waals surface area contributed by atoms with Crippen LogP contribution >= 0.6 is 0 Å². The van der Waals surface area contributed by atoms with Gasteiger partial charge in [-0.3, -0.25) is 9.69 Å². The maximum atomic E-state index is 13.0. The molecule has 1 saturated carbocycles. The number of amides is 3. The number of nitrogens with one attached hydrogen (secondary N) is 1. The first-order valence-corrected chi connectivity index (χ1v) is 9.12. The topological polar surface area (TPSA) is 52.6 Å². The zero-order chi connectivity index (χ0) is 17.2. The van der Waals surface area contributed by atoms with Crippen molar-refractivity contribution in [1.82, 2.24) is 15.1 Å². The molecule has 1 spiro atoms. The predicted octanol–water partition coefficient (Wildman–Crippen LogP) is 3.06. The third-order valence-corrected chi connectivity index (χ3v) is 5.09. The van der Waals surface area contributed by atoms with Crippen molar-refractivity contribution in [2.24, 2.45) is 17.8 Å². The minimum Gasteiger partial charge on any atom is -0.323 e. The van der Waals surface area contributed by atoms with Crippen molar-refractivity contribution < 1.29 is 9.59 Å². The van der Waals surface area contributed by atoms with Crippen LogP contribution in [0.25, 0.3) is 0 Å². The van der Waals surface area contributed by atoms with Crippen LogP contribution in [-0.4, -0.2) is 47.0 Å². The summed E-state index contributed by atoms with van der Waals surface area (Å²) < 4.78 is 0. The van der Waals surface area contributed by atoms with Crippen LogP contribution in [0.15, 0.2) is 0 Å². The fourth-order valence-corrected chi connectivity index (χ4v) is 4.05. The molecule has 0 unspecified atom stereocenters. The van der Waals surface area contributed by atoms with Crippen molar-refractivity contribution in [2.45, 2.75) is 65.8 Å². The molecule has 2 fully saturated rings. The minimum absolute atomic E-state index is 0.00721. The third kappa shape index (κ3) is 3.87. The molecule has 2 rings (SSSR count). The zero-order valence-corrected chi connectivity index (χ0v) is 15.4. The second kappa shape index (κ2) is 7.20. The Morgan fingerprint density at radius 2 is 1.78 bits per heavy atom. The Bertz CT molecular complexity index is 440. The van der Waals surface area contributed by atoms with Crippen LogP contribution in [0.3, 0.4) is 0 Å². The van der Waals surface area contributed by atoms with Crippen LogP contribution in [0, 0.1) is 17.8 Å². The molecular formula is C18H33N3O2. The molecule has 0 aromatic rings. The van der Waals surface area contributed by atoms with Gasteiger partial charge >= 0.3 is 6.03 Å². The Kier molecular flexibility index (Phi) is 5.71. The predicted molar refractivity (Wildman–Crippen MR) is 91.9 cm³/mol. The van der Waals surface area contributed by atoms with Crippen molar-refractivity contribution in [2.75, 3.05) is 19.8 Å². The Morgan fingerprint density at radius 3 is 2.30 bits per heavy atom. The quantitative estimate of drug-likeness (QED) is 0.764.